The van der Waals surface area contributed by atoms with Crippen LogP contribution in [-0.4, -0.2) is 23.9 Å². The summed E-state index contributed by atoms with van der Waals surface area (Å²) in [6.07, 6.45) is 1.83. The van der Waals surface area contributed by atoms with Gasteiger partial charge in [0, 0.05) is 11.6 Å². The summed E-state index contributed by atoms with van der Waals surface area (Å²) >= 11 is 0. The van der Waals surface area contributed by atoms with E-state index in [1.165, 1.54) is 13.0 Å². The van der Waals surface area contributed by atoms with Crippen LogP contribution in [0.2, 0.25) is 0 Å². The van der Waals surface area contributed by atoms with Crippen LogP contribution in [0, 0.1) is 6.92 Å². The fourth-order valence-electron chi connectivity index (χ4n) is 2.08. The maximum atomic E-state index is 11.9. The number of aryl methyl sites for hydroxylation is 1. The fraction of sp³-hybridized carbons (Fsp3) is 0.150. The van der Waals surface area contributed by atoms with Crippen molar-refractivity contribution in [3.8, 4) is 0 Å². The van der Waals surface area contributed by atoms with Crippen molar-refractivity contribution in [3.63, 3.8) is 0 Å². The molecule has 0 fully saturated rings. The Labute approximate surface area is 151 Å². The van der Waals surface area contributed by atoms with Crippen LogP contribution < -0.4 is 10.9 Å². The van der Waals surface area contributed by atoms with Crippen LogP contribution in [0.3, 0.4) is 0 Å². The first kappa shape index (κ1) is 18.9. The predicted molar refractivity (Wildman–Crippen MR) is 97.8 cm³/mol. The highest BCUT2D eigenvalue weighted by Gasteiger charge is 2.17. The molecule has 0 aliphatic carbocycles. The molecular formula is C20H20N2O4. The highest BCUT2D eigenvalue weighted by atomic mass is 16.5. The Bertz CT molecular complexity index is 816. The van der Waals surface area contributed by atoms with Crippen molar-refractivity contribution < 1.29 is 19.1 Å². The Morgan fingerprint density at radius 1 is 0.962 bits per heavy atom. The lowest BCUT2D eigenvalue weighted by molar-refractivity contribution is -0.150. The van der Waals surface area contributed by atoms with E-state index in [1.807, 2.05) is 31.2 Å². The van der Waals surface area contributed by atoms with Crippen LogP contribution in [0.25, 0.3) is 6.08 Å². The highest BCUT2D eigenvalue weighted by Crippen LogP contribution is 2.09. The van der Waals surface area contributed by atoms with Crippen molar-refractivity contribution in [2.75, 3.05) is 0 Å². The molecule has 2 aromatic carbocycles. The molecule has 0 saturated heterocycles. The van der Waals surface area contributed by atoms with E-state index in [0.29, 0.717) is 5.56 Å². The molecule has 0 aromatic heterocycles. The van der Waals surface area contributed by atoms with Crippen LogP contribution in [0.1, 0.15) is 28.4 Å². The van der Waals surface area contributed by atoms with Gasteiger partial charge in [-0.3, -0.25) is 20.4 Å². The molecule has 2 amide bonds. The maximum absolute atomic E-state index is 11.9. The molecule has 0 aliphatic rings. The van der Waals surface area contributed by atoms with E-state index >= 15 is 0 Å². The Balaban J connectivity index is 1.82. The first-order valence-corrected chi connectivity index (χ1v) is 8.07. The van der Waals surface area contributed by atoms with Crippen LogP contribution in [0.4, 0.5) is 0 Å². The standard InChI is InChI=1S/C20H20N2O4/c1-14-8-6-7-9-16(14)12-13-18(23)26-15(2)19(24)21-22-20(25)17-10-4-3-5-11-17/h3-13,15H,1-2H3,(H,21,24)(H,22,25)/b13-12+/t15-/m1/s1. The number of carbonyl (C=O) groups excluding carboxylic acids is 3. The molecule has 0 bridgehead atoms. The molecule has 0 spiro atoms. The predicted octanol–water partition coefficient (Wildman–Crippen LogP) is 2.40. The van der Waals surface area contributed by atoms with Gasteiger partial charge in [0.05, 0.1) is 0 Å². The third-order valence-electron chi connectivity index (χ3n) is 3.58. The van der Waals surface area contributed by atoms with Gasteiger partial charge in [0.2, 0.25) is 0 Å². The maximum Gasteiger partial charge on any atom is 0.331 e. The Hall–Kier alpha value is -3.41. The molecule has 0 unspecified atom stereocenters. The van der Waals surface area contributed by atoms with Crippen molar-refractivity contribution in [3.05, 3.63) is 77.4 Å². The smallest absolute Gasteiger partial charge is 0.331 e. The van der Waals surface area contributed by atoms with Crippen LogP contribution in [0.5, 0.6) is 0 Å². The van der Waals surface area contributed by atoms with E-state index in [-0.39, 0.29) is 0 Å². The summed E-state index contributed by atoms with van der Waals surface area (Å²) in [6, 6.07) is 16.0. The van der Waals surface area contributed by atoms with E-state index in [4.69, 9.17) is 4.74 Å². The minimum Gasteiger partial charge on any atom is -0.449 e. The molecule has 134 valence electrons. The number of nitrogens with one attached hydrogen (secondary N) is 2. The SMILES string of the molecule is Cc1ccccc1/C=C/C(=O)O[C@H](C)C(=O)NNC(=O)c1ccccc1. The molecule has 2 rings (SSSR count). The second kappa shape index (κ2) is 9.17. The lowest BCUT2D eigenvalue weighted by Crippen LogP contribution is -2.46. The first-order chi connectivity index (χ1) is 12.5. The Morgan fingerprint density at radius 2 is 1.62 bits per heavy atom. The molecule has 6 heteroatoms. The monoisotopic (exact) mass is 352 g/mol. The van der Waals surface area contributed by atoms with Crippen LogP contribution in [0.15, 0.2) is 60.7 Å². The molecule has 0 saturated carbocycles. The zero-order valence-electron chi connectivity index (χ0n) is 14.6. The molecular weight excluding hydrogens is 332 g/mol. The molecule has 1 atom stereocenters. The molecule has 2 N–H and O–H groups in total. The highest BCUT2D eigenvalue weighted by molar-refractivity contribution is 5.96. The van der Waals surface area contributed by atoms with Gasteiger partial charge >= 0.3 is 5.97 Å². The third kappa shape index (κ3) is 5.59. The average molecular weight is 352 g/mol. The summed E-state index contributed by atoms with van der Waals surface area (Å²) in [6.45, 7) is 3.35. The van der Waals surface area contributed by atoms with Gasteiger partial charge in [-0.25, -0.2) is 4.79 Å². The van der Waals surface area contributed by atoms with Gasteiger partial charge in [-0.05, 0) is 43.2 Å². The lowest BCUT2D eigenvalue weighted by Gasteiger charge is -2.13. The van der Waals surface area contributed by atoms with Gasteiger partial charge in [-0.1, -0.05) is 42.5 Å². The lowest BCUT2D eigenvalue weighted by atomic mass is 10.1. The number of esters is 1. The number of rotatable bonds is 5. The number of hydrogen-bond acceptors (Lipinski definition) is 4. The van der Waals surface area contributed by atoms with E-state index in [2.05, 4.69) is 10.9 Å². The number of ether oxygens (including phenoxy) is 1. The number of benzene rings is 2. The summed E-state index contributed by atoms with van der Waals surface area (Å²) in [5.41, 5.74) is 6.81. The normalized spacial score (nSPS) is 11.6. The van der Waals surface area contributed by atoms with E-state index in [1.54, 1.807) is 36.4 Å². The summed E-state index contributed by atoms with van der Waals surface area (Å²) in [7, 11) is 0. The quantitative estimate of drug-likeness (QED) is 0.492. The van der Waals surface area contributed by atoms with Crippen molar-refractivity contribution >= 4 is 23.9 Å². The fourth-order valence-corrected chi connectivity index (χ4v) is 2.08. The van der Waals surface area contributed by atoms with Gasteiger partial charge in [0.1, 0.15) is 0 Å². The molecule has 2 aromatic rings. The Kier molecular flexibility index (Phi) is 6.68. The van der Waals surface area contributed by atoms with E-state index in [0.717, 1.165) is 11.1 Å². The van der Waals surface area contributed by atoms with Gasteiger partial charge in [-0.2, -0.15) is 0 Å². The second-order valence-corrected chi connectivity index (χ2v) is 5.58. The van der Waals surface area contributed by atoms with Crippen molar-refractivity contribution in [2.45, 2.75) is 20.0 Å². The van der Waals surface area contributed by atoms with E-state index in [9.17, 15) is 14.4 Å². The van der Waals surface area contributed by atoms with Gasteiger partial charge in [0.15, 0.2) is 6.10 Å². The topological polar surface area (TPSA) is 84.5 Å². The zero-order chi connectivity index (χ0) is 18.9. The van der Waals surface area contributed by atoms with Gasteiger partial charge in [0.25, 0.3) is 11.8 Å². The zero-order valence-corrected chi connectivity index (χ0v) is 14.6. The Morgan fingerprint density at radius 3 is 2.31 bits per heavy atom. The van der Waals surface area contributed by atoms with Crippen molar-refractivity contribution in [2.24, 2.45) is 0 Å². The average Bonchev–Trinajstić information content (AvgIpc) is 2.65. The largest absolute Gasteiger partial charge is 0.449 e. The number of hydrazine groups is 1. The van der Waals surface area contributed by atoms with Gasteiger partial charge < -0.3 is 4.74 Å². The summed E-state index contributed by atoms with van der Waals surface area (Å²) < 4.78 is 5.02. The van der Waals surface area contributed by atoms with E-state index < -0.39 is 23.9 Å². The van der Waals surface area contributed by atoms with Crippen molar-refractivity contribution in [1.29, 1.82) is 0 Å². The molecule has 0 aliphatic heterocycles. The summed E-state index contributed by atoms with van der Waals surface area (Å²) in [4.78, 5) is 35.6. The van der Waals surface area contributed by atoms with Crippen LogP contribution in [-0.2, 0) is 14.3 Å². The number of hydrogen-bond donors (Lipinski definition) is 2. The summed E-state index contributed by atoms with van der Waals surface area (Å²) in [5.74, 6) is -1.74. The number of amides is 2. The van der Waals surface area contributed by atoms with Crippen molar-refractivity contribution in [1.82, 2.24) is 10.9 Å². The minimum absolute atomic E-state index is 0.401. The van der Waals surface area contributed by atoms with Crippen LogP contribution >= 0.6 is 0 Å². The minimum atomic E-state index is -1.06. The second-order valence-electron chi connectivity index (χ2n) is 5.58. The van der Waals surface area contributed by atoms with Gasteiger partial charge in [-0.15, -0.1) is 0 Å². The molecule has 0 radical (unpaired) electrons. The third-order valence-corrected chi connectivity index (χ3v) is 3.58. The number of carbonyl (C=O) groups is 3. The summed E-state index contributed by atoms with van der Waals surface area (Å²) in [5, 5.41) is 0. The molecule has 0 heterocycles. The molecule has 6 nitrogen and oxygen atoms in total. The first-order valence-electron chi connectivity index (χ1n) is 8.07. The molecule has 26 heavy (non-hydrogen) atoms.